The maximum atomic E-state index is 13.0. The van der Waals surface area contributed by atoms with Gasteiger partial charge in [0.05, 0.1) is 17.8 Å². The monoisotopic (exact) mass is 503 g/mol. The fraction of sp³-hybridized carbons (Fsp3) is 0.968. The molecule has 0 aromatic heterocycles. The van der Waals surface area contributed by atoms with Crippen LogP contribution in [0.1, 0.15) is 111 Å². The summed E-state index contributed by atoms with van der Waals surface area (Å²) in [4.78, 5) is 15.0. The first-order valence-corrected chi connectivity index (χ1v) is 15.4. The summed E-state index contributed by atoms with van der Waals surface area (Å²) in [6.45, 7) is 10.8. The molecule has 1 heterocycles. The van der Waals surface area contributed by atoms with Gasteiger partial charge in [-0.15, -0.1) is 0 Å². The van der Waals surface area contributed by atoms with Gasteiger partial charge in [-0.3, -0.25) is 4.79 Å². The molecular weight excluding hydrogens is 450 g/mol. The smallest absolute Gasteiger partial charge is 0.222 e. The molecule has 1 aliphatic heterocycles. The number of hydrogen-bond acceptors (Lipinski definition) is 4. The van der Waals surface area contributed by atoms with Crippen molar-refractivity contribution in [1.29, 1.82) is 0 Å². The highest BCUT2D eigenvalue weighted by Gasteiger charge is 2.62. The Hall–Kier alpha value is -0.650. The lowest BCUT2D eigenvalue weighted by Crippen LogP contribution is -2.58. The normalized spacial score (nSPS) is 47.0. The van der Waals surface area contributed by atoms with Gasteiger partial charge in [0.2, 0.25) is 5.91 Å². The molecule has 4 saturated carbocycles. The fourth-order valence-corrected chi connectivity index (χ4v) is 10.5. The van der Waals surface area contributed by atoms with Gasteiger partial charge in [-0.1, -0.05) is 27.7 Å². The number of nitrogens with zero attached hydrogens (tertiary/aromatic N) is 1. The molecule has 1 saturated heterocycles. The van der Waals surface area contributed by atoms with E-state index in [0.717, 1.165) is 38.5 Å². The number of hydrogen-bond donors (Lipinski definition) is 3. The number of carbonyl (C=O) groups is 1. The Morgan fingerprint density at radius 2 is 1.58 bits per heavy atom. The zero-order valence-electron chi connectivity index (χ0n) is 23.4. The summed E-state index contributed by atoms with van der Waals surface area (Å²) in [7, 11) is 0. The van der Waals surface area contributed by atoms with Gasteiger partial charge in [0.25, 0.3) is 0 Å². The first kappa shape index (κ1) is 26.9. The average Bonchev–Trinajstić information content (AvgIpc) is 3.21. The summed E-state index contributed by atoms with van der Waals surface area (Å²) in [5.41, 5.74) is -0.0710. The lowest BCUT2D eigenvalue weighted by Gasteiger charge is -2.62. The van der Waals surface area contributed by atoms with Crippen LogP contribution < -0.4 is 0 Å². The van der Waals surface area contributed by atoms with Crippen molar-refractivity contribution in [3.63, 3.8) is 0 Å². The van der Waals surface area contributed by atoms with Gasteiger partial charge in [0.1, 0.15) is 0 Å². The first-order chi connectivity index (χ1) is 17.0. The molecule has 206 valence electrons. The van der Waals surface area contributed by atoms with Crippen molar-refractivity contribution in [1.82, 2.24) is 4.90 Å². The number of aliphatic hydroxyl groups excluding tert-OH is 2. The Morgan fingerprint density at radius 1 is 0.917 bits per heavy atom. The zero-order chi connectivity index (χ0) is 25.9. The summed E-state index contributed by atoms with van der Waals surface area (Å²) < 4.78 is 0. The summed E-state index contributed by atoms with van der Waals surface area (Å²) in [5.74, 6) is 3.73. The van der Waals surface area contributed by atoms with Crippen LogP contribution in [0, 0.1) is 46.3 Å². The molecule has 10 atom stereocenters. The highest BCUT2D eigenvalue weighted by molar-refractivity contribution is 5.76. The van der Waals surface area contributed by atoms with Crippen molar-refractivity contribution in [2.45, 2.75) is 129 Å². The Morgan fingerprint density at radius 3 is 2.28 bits per heavy atom. The molecule has 0 aromatic carbocycles. The molecule has 0 radical (unpaired) electrons. The van der Waals surface area contributed by atoms with Gasteiger partial charge in [-0.05, 0) is 123 Å². The van der Waals surface area contributed by atoms with E-state index in [4.69, 9.17) is 0 Å². The van der Waals surface area contributed by atoms with E-state index < -0.39 is 5.60 Å². The summed E-state index contributed by atoms with van der Waals surface area (Å²) in [6.07, 6.45) is 12.1. The number of piperidine rings is 1. The number of likely N-dealkylation sites (tertiary alicyclic amines) is 1. The van der Waals surface area contributed by atoms with E-state index in [1.165, 1.54) is 25.7 Å². The fourth-order valence-electron chi connectivity index (χ4n) is 10.5. The van der Waals surface area contributed by atoms with E-state index in [1.54, 1.807) is 0 Å². The second kappa shape index (κ2) is 9.83. The van der Waals surface area contributed by atoms with Crippen molar-refractivity contribution in [3.8, 4) is 0 Å². The molecule has 4 aliphatic carbocycles. The van der Waals surface area contributed by atoms with E-state index in [2.05, 4.69) is 20.8 Å². The molecular formula is C31H53NO4. The standard InChI is InChI=1S/C31H53NO4/c1-5-31(36)14-16-32(17-15-31)28(35)9-6-20(2)23-7-8-24-22-19-27(34)26-18-21(33)10-12-30(26,4)25(22)11-13-29(23,24)3/h20-27,33-34,36H,5-19H2,1-4H3/t20-,21+,22+,23-,24+,25+,26-,27+,29-,30-/m1/s1. The Kier molecular flexibility index (Phi) is 7.35. The summed E-state index contributed by atoms with van der Waals surface area (Å²) >= 11 is 0. The van der Waals surface area contributed by atoms with Crippen LogP contribution in [0.15, 0.2) is 0 Å². The quantitative estimate of drug-likeness (QED) is 0.484. The first-order valence-electron chi connectivity index (χ1n) is 15.4. The molecule has 5 nitrogen and oxygen atoms in total. The van der Waals surface area contributed by atoms with Gasteiger partial charge in [0, 0.05) is 19.5 Å². The van der Waals surface area contributed by atoms with Crippen molar-refractivity contribution < 1.29 is 20.1 Å². The van der Waals surface area contributed by atoms with Crippen molar-refractivity contribution >= 4 is 5.91 Å². The number of rotatable bonds is 5. The minimum atomic E-state index is -0.572. The van der Waals surface area contributed by atoms with E-state index in [1.807, 2.05) is 11.8 Å². The predicted molar refractivity (Wildman–Crippen MR) is 142 cm³/mol. The maximum absolute atomic E-state index is 13.0. The van der Waals surface area contributed by atoms with Crippen LogP contribution in [0.25, 0.3) is 0 Å². The summed E-state index contributed by atoms with van der Waals surface area (Å²) in [5, 5.41) is 32.1. The maximum Gasteiger partial charge on any atom is 0.222 e. The van der Waals surface area contributed by atoms with Gasteiger partial charge >= 0.3 is 0 Å². The SMILES string of the molecule is CCC1(O)CCN(C(=O)CC[C@@H](C)[C@H]2CC[C@H]3[C@@H]4C[C@H](O)[C@H]5C[C@@H](O)CC[C@]5(C)[C@H]4CC[C@]23C)CC1. The third kappa shape index (κ3) is 4.47. The third-order valence-corrected chi connectivity index (χ3v) is 12.9. The van der Waals surface area contributed by atoms with Crippen LogP contribution in [0.3, 0.4) is 0 Å². The van der Waals surface area contributed by atoms with Gasteiger partial charge in [0.15, 0.2) is 0 Å². The highest BCUT2D eigenvalue weighted by Crippen LogP contribution is 2.68. The van der Waals surface area contributed by atoms with Crippen LogP contribution >= 0.6 is 0 Å². The highest BCUT2D eigenvalue weighted by atomic mass is 16.3. The van der Waals surface area contributed by atoms with Gasteiger partial charge in [-0.25, -0.2) is 0 Å². The second-order valence-corrected chi connectivity index (χ2v) is 14.4. The van der Waals surface area contributed by atoms with E-state index in [-0.39, 0.29) is 29.4 Å². The molecule has 1 amide bonds. The molecule has 0 unspecified atom stereocenters. The molecule has 5 fully saturated rings. The lowest BCUT2D eigenvalue weighted by atomic mass is 9.44. The van der Waals surface area contributed by atoms with E-state index >= 15 is 0 Å². The molecule has 0 spiro atoms. The van der Waals surface area contributed by atoms with Crippen molar-refractivity contribution in [2.24, 2.45) is 46.3 Å². The lowest BCUT2D eigenvalue weighted by molar-refractivity contribution is -0.172. The Labute approximate surface area is 219 Å². The van der Waals surface area contributed by atoms with Crippen LogP contribution in [0.4, 0.5) is 0 Å². The van der Waals surface area contributed by atoms with Crippen LogP contribution in [0.5, 0.6) is 0 Å². The Bertz CT molecular complexity index is 808. The predicted octanol–water partition coefficient (Wildman–Crippen LogP) is 5.16. The zero-order valence-corrected chi connectivity index (χ0v) is 23.4. The number of carbonyl (C=O) groups excluding carboxylic acids is 1. The number of amides is 1. The topological polar surface area (TPSA) is 81.0 Å². The molecule has 36 heavy (non-hydrogen) atoms. The van der Waals surface area contributed by atoms with Crippen molar-refractivity contribution in [3.05, 3.63) is 0 Å². The molecule has 0 bridgehead atoms. The number of aliphatic hydroxyl groups is 3. The van der Waals surface area contributed by atoms with Crippen LogP contribution in [-0.2, 0) is 4.79 Å². The molecule has 3 N–H and O–H groups in total. The molecule has 5 aliphatic rings. The van der Waals surface area contributed by atoms with Crippen LogP contribution in [-0.4, -0.2) is 57.0 Å². The van der Waals surface area contributed by atoms with Crippen LogP contribution in [0.2, 0.25) is 0 Å². The third-order valence-electron chi connectivity index (χ3n) is 12.9. The largest absolute Gasteiger partial charge is 0.393 e. The molecule has 5 rings (SSSR count). The number of fused-ring (bicyclic) bond motifs is 5. The molecule has 0 aromatic rings. The average molecular weight is 504 g/mol. The minimum absolute atomic E-state index is 0.178. The second-order valence-electron chi connectivity index (χ2n) is 14.4. The summed E-state index contributed by atoms with van der Waals surface area (Å²) in [6, 6.07) is 0. The van der Waals surface area contributed by atoms with Gasteiger partial charge in [-0.2, -0.15) is 0 Å². The van der Waals surface area contributed by atoms with Crippen molar-refractivity contribution in [2.75, 3.05) is 13.1 Å². The van der Waals surface area contributed by atoms with E-state index in [9.17, 15) is 20.1 Å². The molecule has 5 heteroatoms. The Balaban J connectivity index is 1.21. The minimum Gasteiger partial charge on any atom is -0.393 e. The van der Waals surface area contributed by atoms with Gasteiger partial charge < -0.3 is 20.2 Å². The van der Waals surface area contributed by atoms with E-state index in [0.29, 0.717) is 67.4 Å².